The third-order valence-electron chi connectivity index (χ3n) is 5.48. The van der Waals surface area contributed by atoms with Gasteiger partial charge in [0.2, 0.25) is 17.7 Å². The van der Waals surface area contributed by atoms with E-state index in [0.29, 0.717) is 26.2 Å². The molecule has 4 atom stereocenters. The summed E-state index contributed by atoms with van der Waals surface area (Å²) < 4.78 is 6.13. The number of amides is 3. The molecule has 4 rings (SSSR count). The molecule has 3 amide bonds. The molecule has 1 N–H and O–H groups in total. The van der Waals surface area contributed by atoms with Crippen LogP contribution in [0.5, 0.6) is 0 Å². The fourth-order valence-electron chi connectivity index (χ4n) is 4.60. The van der Waals surface area contributed by atoms with Crippen LogP contribution in [0.15, 0.2) is 12.2 Å². The Bertz CT molecular complexity index is 668. The highest BCUT2D eigenvalue weighted by molar-refractivity contribution is 5.94. The van der Waals surface area contributed by atoms with E-state index in [1.165, 1.54) is 0 Å². The minimum atomic E-state index is -0.675. The first-order chi connectivity index (χ1) is 11.7. The van der Waals surface area contributed by atoms with Crippen LogP contribution in [0.2, 0.25) is 0 Å². The van der Waals surface area contributed by atoms with E-state index in [1.54, 1.807) is 4.90 Å². The molecule has 0 saturated carbocycles. The molecule has 3 fully saturated rings. The molecule has 3 saturated heterocycles. The van der Waals surface area contributed by atoms with E-state index < -0.39 is 17.4 Å². The van der Waals surface area contributed by atoms with Crippen molar-refractivity contribution in [3.63, 3.8) is 0 Å². The number of fused-ring (bicyclic) bond motifs is 1. The topological polar surface area (TPSA) is 79.0 Å². The van der Waals surface area contributed by atoms with Crippen LogP contribution < -0.4 is 5.32 Å². The summed E-state index contributed by atoms with van der Waals surface area (Å²) >= 11 is 0. The van der Waals surface area contributed by atoms with Gasteiger partial charge in [-0.3, -0.25) is 14.4 Å². The zero-order chi connectivity index (χ0) is 18.0. The number of carbonyl (C=O) groups is 3. The van der Waals surface area contributed by atoms with Crippen molar-refractivity contribution in [3.05, 3.63) is 12.2 Å². The van der Waals surface area contributed by atoms with Crippen LogP contribution in [-0.2, 0) is 19.1 Å². The number of hydrogen-bond acceptors (Lipinski definition) is 4. The lowest BCUT2D eigenvalue weighted by molar-refractivity contribution is -0.146. The zero-order valence-corrected chi connectivity index (χ0v) is 14.9. The third-order valence-corrected chi connectivity index (χ3v) is 5.48. The highest BCUT2D eigenvalue weighted by Gasteiger charge is 2.67. The predicted molar refractivity (Wildman–Crippen MR) is 89.3 cm³/mol. The second-order valence-corrected chi connectivity index (χ2v) is 8.76. The molecule has 0 radical (unpaired) electrons. The van der Waals surface area contributed by atoms with Crippen molar-refractivity contribution >= 4 is 17.7 Å². The average Bonchev–Trinajstić information content (AvgIpc) is 3.14. The molecule has 0 aromatic heterocycles. The minimum Gasteiger partial charge on any atom is -0.360 e. The van der Waals surface area contributed by atoms with Crippen molar-refractivity contribution in [2.75, 3.05) is 32.7 Å². The lowest BCUT2D eigenvalue weighted by Crippen LogP contribution is -2.54. The maximum atomic E-state index is 13.1. The molecular weight excluding hydrogens is 322 g/mol. The zero-order valence-electron chi connectivity index (χ0n) is 14.9. The largest absolute Gasteiger partial charge is 0.360 e. The summed E-state index contributed by atoms with van der Waals surface area (Å²) in [6.45, 7) is 8.42. The molecule has 4 aliphatic rings. The van der Waals surface area contributed by atoms with E-state index in [0.717, 1.165) is 0 Å². The smallest absolute Gasteiger partial charge is 0.239 e. The Hall–Kier alpha value is -1.89. The van der Waals surface area contributed by atoms with Gasteiger partial charge in [-0.2, -0.15) is 0 Å². The Labute approximate surface area is 147 Å². The normalized spacial score (nSPS) is 36.8. The van der Waals surface area contributed by atoms with Crippen molar-refractivity contribution in [2.24, 2.45) is 17.3 Å². The predicted octanol–water partition coefficient (Wildman–Crippen LogP) is -0.227. The molecule has 0 aromatic carbocycles. The summed E-state index contributed by atoms with van der Waals surface area (Å²) in [5.41, 5.74) is -0.692. The van der Waals surface area contributed by atoms with E-state index in [9.17, 15) is 14.4 Å². The molecule has 0 aromatic rings. The van der Waals surface area contributed by atoms with E-state index >= 15 is 0 Å². The number of nitrogens with one attached hydrogen (secondary N) is 1. The van der Waals surface area contributed by atoms with Crippen molar-refractivity contribution in [1.29, 1.82) is 0 Å². The van der Waals surface area contributed by atoms with Gasteiger partial charge >= 0.3 is 0 Å². The number of rotatable bonds is 2. The van der Waals surface area contributed by atoms with Crippen LogP contribution >= 0.6 is 0 Å². The van der Waals surface area contributed by atoms with Crippen molar-refractivity contribution < 1.29 is 19.1 Å². The standard InChI is InChI=1S/C18H25N3O4/c1-17(2,3)9-21-10-18-5-4-11(25-18)13(14(18)16(21)24)15(23)20-7-6-19-12(22)8-20/h4-5,11,13-14H,6-10H2,1-3H3,(H,19,22)/t11-,13?,14?,18-/m1/s1. The molecular formula is C18H25N3O4. The van der Waals surface area contributed by atoms with Gasteiger partial charge in [0.05, 0.1) is 31.0 Å². The second-order valence-electron chi connectivity index (χ2n) is 8.76. The van der Waals surface area contributed by atoms with Gasteiger partial charge in [-0.1, -0.05) is 32.9 Å². The summed E-state index contributed by atoms with van der Waals surface area (Å²) in [5.74, 6) is -1.28. The fraction of sp³-hybridized carbons (Fsp3) is 0.722. The first kappa shape index (κ1) is 16.6. The lowest BCUT2D eigenvalue weighted by Gasteiger charge is -2.32. The van der Waals surface area contributed by atoms with E-state index in [1.807, 2.05) is 17.1 Å². The molecule has 2 unspecified atom stereocenters. The molecule has 7 heteroatoms. The van der Waals surface area contributed by atoms with Gasteiger partial charge in [0.1, 0.15) is 5.60 Å². The van der Waals surface area contributed by atoms with Crippen molar-refractivity contribution in [1.82, 2.24) is 15.1 Å². The highest BCUT2D eigenvalue weighted by Crippen LogP contribution is 2.52. The van der Waals surface area contributed by atoms with Gasteiger partial charge in [0, 0.05) is 19.6 Å². The lowest BCUT2D eigenvalue weighted by atomic mass is 9.76. The molecule has 4 aliphatic heterocycles. The highest BCUT2D eigenvalue weighted by atomic mass is 16.5. The molecule has 136 valence electrons. The number of piperazine rings is 1. The van der Waals surface area contributed by atoms with E-state index in [4.69, 9.17) is 4.74 Å². The summed E-state index contributed by atoms with van der Waals surface area (Å²) in [4.78, 5) is 41.2. The van der Waals surface area contributed by atoms with Gasteiger partial charge < -0.3 is 19.9 Å². The first-order valence-electron chi connectivity index (χ1n) is 8.92. The Morgan fingerprint density at radius 2 is 2.16 bits per heavy atom. The van der Waals surface area contributed by atoms with Gasteiger partial charge in [-0.15, -0.1) is 0 Å². The summed E-state index contributed by atoms with van der Waals surface area (Å²) in [5, 5.41) is 2.72. The van der Waals surface area contributed by atoms with Crippen LogP contribution in [0, 0.1) is 17.3 Å². The summed E-state index contributed by atoms with van der Waals surface area (Å²) in [6, 6.07) is 0. The van der Waals surface area contributed by atoms with Gasteiger partial charge in [-0.25, -0.2) is 0 Å². The number of likely N-dealkylation sites (tertiary alicyclic amines) is 1. The van der Waals surface area contributed by atoms with Gasteiger partial charge in [0.15, 0.2) is 0 Å². The number of hydrogen-bond donors (Lipinski definition) is 1. The first-order valence-corrected chi connectivity index (χ1v) is 8.92. The van der Waals surface area contributed by atoms with Crippen LogP contribution in [0.1, 0.15) is 20.8 Å². The number of nitrogens with zero attached hydrogens (tertiary/aromatic N) is 2. The second kappa shape index (κ2) is 5.30. The molecule has 0 aliphatic carbocycles. The SMILES string of the molecule is CC(C)(C)CN1C[C@@]23C=C[C@@H](O2)C(C(=O)N2CCNC(=O)C2)C3C1=O. The maximum Gasteiger partial charge on any atom is 0.239 e. The minimum absolute atomic E-state index is 0.00147. The van der Waals surface area contributed by atoms with E-state index in [-0.39, 0.29) is 35.8 Å². The molecule has 25 heavy (non-hydrogen) atoms. The van der Waals surface area contributed by atoms with Crippen LogP contribution in [0.4, 0.5) is 0 Å². The Kier molecular flexibility index (Phi) is 3.51. The van der Waals surface area contributed by atoms with Crippen molar-refractivity contribution in [2.45, 2.75) is 32.5 Å². The summed E-state index contributed by atoms with van der Waals surface area (Å²) in [6.07, 6.45) is 3.52. The van der Waals surface area contributed by atoms with Gasteiger partial charge in [0.25, 0.3) is 0 Å². The quantitative estimate of drug-likeness (QED) is 0.700. The van der Waals surface area contributed by atoms with Crippen LogP contribution in [-0.4, -0.2) is 72.0 Å². The summed E-state index contributed by atoms with van der Waals surface area (Å²) in [7, 11) is 0. The average molecular weight is 347 g/mol. The van der Waals surface area contributed by atoms with Crippen molar-refractivity contribution in [3.8, 4) is 0 Å². The Morgan fingerprint density at radius 3 is 2.84 bits per heavy atom. The van der Waals surface area contributed by atoms with Crippen LogP contribution in [0.3, 0.4) is 0 Å². The molecule has 2 bridgehead atoms. The molecule has 4 heterocycles. The molecule has 7 nitrogen and oxygen atoms in total. The van der Waals surface area contributed by atoms with Gasteiger partial charge in [-0.05, 0) is 5.41 Å². The third kappa shape index (κ3) is 2.56. The molecule has 1 spiro atoms. The Balaban J connectivity index is 1.59. The fourth-order valence-corrected chi connectivity index (χ4v) is 4.60. The Morgan fingerprint density at radius 1 is 1.40 bits per heavy atom. The number of carbonyl (C=O) groups excluding carboxylic acids is 3. The monoisotopic (exact) mass is 347 g/mol. The number of ether oxygens (including phenoxy) is 1. The maximum absolute atomic E-state index is 13.1. The van der Waals surface area contributed by atoms with E-state index in [2.05, 4.69) is 26.1 Å². The van der Waals surface area contributed by atoms with Crippen LogP contribution in [0.25, 0.3) is 0 Å².